The largest absolute Gasteiger partial charge is 0.454 e. The zero-order valence-corrected chi connectivity index (χ0v) is 18.7. The molecule has 0 atom stereocenters. The standard InChI is InChI=1S/C28H9BF8O/c30-20-16-13-14-17(21(20)31)23(33)27(37)24(34)18(14)25(35)28-15(13)19(26(36)22(16)32)29(10-6-2-1-3-7-10)11-8-4-5-9-12(11)38-28/h1-9H. The average molecular weight is 524 g/mol. The molecule has 0 fully saturated rings. The summed E-state index contributed by atoms with van der Waals surface area (Å²) in [5, 5.41) is -6.26. The maximum atomic E-state index is 16.1. The molecule has 0 saturated carbocycles. The van der Waals surface area contributed by atoms with Crippen molar-refractivity contribution >= 4 is 55.4 Å². The van der Waals surface area contributed by atoms with Crippen LogP contribution in [0.25, 0.3) is 32.3 Å². The highest BCUT2D eigenvalue weighted by atomic mass is 19.2. The van der Waals surface area contributed by atoms with Crippen LogP contribution < -0.4 is 21.1 Å². The Morgan fingerprint density at radius 3 is 1.61 bits per heavy atom. The maximum Gasteiger partial charge on any atom is 0.251 e. The highest BCUT2D eigenvalue weighted by Gasteiger charge is 2.41. The summed E-state index contributed by atoms with van der Waals surface area (Å²) in [7, 11) is 0. The molecule has 38 heavy (non-hydrogen) atoms. The van der Waals surface area contributed by atoms with Crippen LogP contribution in [0.15, 0.2) is 54.6 Å². The number of rotatable bonds is 1. The molecular formula is C28H9BF8O. The summed E-state index contributed by atoms with van der Waals surface area (Å²) in [6.45, 7) is -1.16. The van der Waals surface area contributed by atoms with Gasteiger partial charge in [0.15, 0.2) is 52.3 Å². The van der Waals surface area contributed by atoms with Gasteiger partial charge >= 0.3 is 0 Å². The Labute approximate surface area is 208 Å². The first-order chi connectivity index (χ1) is 18.2. The number of hydrogen-bond acceptors (Lipinski definition) is 1. The number of halogens is 8. The van der Waals surface area contributed by atoms with Crippen LogP contribution in [0.2, 0.25) is 0 Å². The summed E-state index contributed by atoms with van der Waals surface area (Å²) in [4.78, 5) is 0. The van der Waals surface area contributed by atoms with Crippen LogP contribution in [-0.4, -0.2) is 6.71 Å². The Hall–Kier alpha value is -4.34. The van der Waals surface area contributed by atoms with Crippen molar-refractivity contribution < 1.29 is 39.9 Å². The highest BCUT2D eigenvalue weighted by Crippen LogP contribution is 2.48. The van der Waals surface area contributed by atoms with E-state index in [2.05, 4.69) is 0 Å². The van der Waals surface area contributed by atoms with Crippen molar-refractivity contribution in [2.45, 2.75) is 0 Å². The second kappa shape index (κ2) is 7.60. The van der Waals surface area contributed by atoms with Crippen molar-refractivity contribution in [1.82, 2.24) is 0 Å². The molecular weight excluding hydrogens is 515 g/mol. The molecule has 0 saturated heterocycles. The van der Waals surface area contributed by atoms with E-state index < -0.39 is 96.8 Å². The highest BCUT2D eigenvalue weighted by molar-refractivity contribution is 6.97. The molecule has 0 unspecified atom stereocenters. The third-order valence-electron chi connectivity index (χ3n) is 7.13. The minimum absolute atomic E-state index is 0.0269. The Balaban J connectivity index is 1.85. The second-order valence-corrected chi connectivity index (χ2v) is 8.99. The fourth-order valence-corrected chi connectivity index (χ4v) is 5.60. The number of para-hydroxylation sites is 1. The van der Waals surface area contributed by atoms with E-state index in [1.54, 1.807) is 36.4 Å². The Morgan fingerprint density at radius 1 is 0.447 bits per heavy atom. The summed E-state index contributed by atoms with van der Waals surface area (Å²) in [6.07, 6.45) is 0. The van der Waals surface area contributed by atoms with Crippen molar-refractivity contribution in [2.75, 3.05) is 0 Å². The van der Waals surface area contributed by atoms with Gasteiger partial charge in [0.2, 0.25) is 0 Å². The molecule has 0 spiro atoms. The maximum absolute atomic E-state index is 16.1. The van der Waals surface area contributed by atoms with Crippen molar-refractivity contribution in [3.63, 3.8) is 0 Å². The fourth-order valence-electron chi connectivity index (χ4n) is 5.60. The number of ether oxygens (including phenoxy) is 1. The zero-order valence-electron chi connectivity index (χ0n) is 18.7. The topological polar surface area (TPSA) is 9.23 Å². The molecule has 1 aliphatic heterocycles. The molecule has 186 valence electrons. The molecule has 0 aromatic heterocycles. The molecule has 10 heteroatoms. The second-order valence-electron chi connectivity index (χ2n) is 8.99. The van der Waals surface area contributed by atoms with Crippen LogP contribution in [0.4, 0.5) is 35.1 Å². The normalized spacial score (nSPS) is 12.9. The van der Waals surface area contributed by atoms with E-state index in [1.807, 2.05) is 0 Å². The molecule has 1 aliphatic rings. The molecule has 0 bridgehead atoms. The number of benzene rings is 6. The number of hydrogen-bond donors (Lipinski definition) is 0. The van der Waals surface area contributed by atoms with E-state index in [-0.39, 0.29) is 11.2 Å². The first-order valence-electron chi connectivity index (χ1n) is 11.3. The van der Waals surface area contributed by atoms with E-state index in [4.69, 9.17) is 4.74 Å². The third kappa shape index (κ3) is 2.62. The van der Waals surface area contributed by atoms with Gasteiger partial charge in [-0.2, -0.15) is 0 Å². The van der Waals surface area contributed by atoms with Gasteiger partial charge in [-0.25, -0.2) is 35.1 Å². The van der Waals surface area contributed by atoms with Gasteiger partial charge < -0.3 is 4.74 Å². The monoisotopic (exact) mass is 524 g/mol. The van der Waals surface area contributed by atoms with Crippen molar-refractivity contribution in [1.29, 1.82) is 0 Å². The summed E-state index contributed by atoms with van der Waals surface area (Å²) in [6, 6.07) is 14.1. The summed E-state index contributed by atoms with van der Waals surface area (Å²) < 4.78 is 128. The molecule has 6 aromatic carbocycles. The predicted molar refractivity (Wildman–Crippen MR) is 127 cm³/mol. The molecule has 1 nitrogen and oxygen atoms in total. The van der Waals surface area contributed by atoms with Crippen LogP contribution in [-0.2, 0) is 0 Å². The Bertz CT molecular complexity index is 1990. The van der Waals surface area contributed by atoms with E-state index in [0.29, 0.717) is 5.46 Å². The van der Waals surface area contributed by atoms with Crippen LogP contribution in [0.3, 0.4) is 0 Å². The fraction of sp³-hybridized carbons (Fsp3) is 0. The molecule has 0 amide bonds. The SMILES string of the molecule is Fc1c(F)c2c(F)c(F)c3c(F)c(F)c4c5c(c(F)c(c1F)c2c35)Oc1ccccc1B4c1ccccc1. The van der Waals surface area contributed by atoms with Gasteiger partial charge in [0, 0.05) is 16.2 Å². The lowest BCUT2D eigenvalue weighted by Gasteiger charge is -2.21. The van der Waals surface area contributed by atoms with Crippen LogP contribution >= 0.6 is 0 Å². The smallest absolute Gasteiger partial charge is 0.251 e. The first kappa shape index (κ1) is 22.8. The molecule has 1 heterocycles. The lowest BCUT2D eigenvalue weighted by Crippen LogP contribution is -2.53. The van der Waals surface area contributed by atoms with Gasteiger partial charge in [-0.1, -0.05) is 54.0 Å². The Morgan fingerprint density at radius 2 is 0.947 bits per heavy atom. The minimum atomic E-state index is -2.26. The van der Waals surface area contributed by atoms with Crippen molar-refractivity contribution in [2.24, 2.45) is 0 Å². The van der Waals surface area contributed by atoms with Gasteiger partial charge in [-0.3, -0.25) is 0 Å². The van der Waals surface area contributed by atoms with E-state index in [9.17, 15) is 8.78 Å². The average Bonchev–Trinajstić information content (AvgIpc) is 3.07. The predicted octanol–water partition coefficient (Wildman–Crippen LogP) is 6.32. The van der Waals surface area contributed by atoms with E-state index in [0.717, 1.165) is 0 Å². The Kier molecular flexibility index (Phi) is 4.56. The van der Waals surface area contributed by atoms with Crippen LogP contribution in [0, 0.1) is 46.5 Å². The van der Waals surface area contributed by atoms with Gasteiger partial charge in [-0.15, -0.1) is 0 Å². The molecule has 7 rings (SSSR count). The quantitative estimate of drug-likeness (QED) is 0.106. The van der Waals surface area contributed by atoms with Crippen LogP contribution in [0.5, 0.6) is 11.5 Å². The van der Waals surface area contributed by atoms with Crippen molar-refractivity contribution in [3.8, 4) is 11.5 Å². The molecule has 0 N–H and O–H groups in total. The zero-order chi connectivity index (χ0) is 26.6. The summed E-state index contributed by atoms with van der Waals surface area (Å²) in [5.74, 6) is -16.6. The lowest BCUT2D eigenvalue weighted by molar-refractivity contribution is 0.440. The molecule has 6 aromatic rings. The molecule has 0 aliphatic carbocycles. The van der Waals surface area contributed by atoms with E-state index in [1.165, 1.54) is 18.2 Å². The van der Waals surface area contributed by atoms with Gasteiger partial charge in [0.25, 0.3) is 6.71 Å². The number of fused-ring (bicyclic) bond motifs is 1. The van der Waals surface area contributed by atoms with Gasteiger partial charge in [0.05, 0.1) is 16.2 Å². The van der Waals surface area contributed by atoms with E-state index >= 15 is 26.3 Å². The minimum Gasteiger partial charge on any atom is -0.454 e. The summed E-state index contributed by atoms with van der Waals surface area (Å²) >= 11 is 0. The first-order valence-corrected chi connectivity index (χ1v) is 11.3. The third-order valence-corrected chi connectivity index (χ3v) is 7.13. The lowest BCUT2D eigenvalue weighted by atomic mass is 9.36. The van der Waals surface area contributed by atoms with Gasteiger partial charge in [-0.05, 0) is 17.0 Å². The molecule has 0 radical (unpaired) electrons. The van der Waals surface area contributed by atoms with Crippen LogP contribution in [0.1, 0.15) is 0 Å². The van der Waals surface area contributed by atoms with Crippen molar-refractivity contribution in [3.05, 3.63) is 101 Å². The summed E-state index contributed by atoms with van der Waals surface area (Å²) in [5.41, 5.74) is 0.141. The van der Waals surface area contributed by atoms with Gasteiger partial charge in [0.1, 0.15) is 5.75 Å².